The fourth-order valence-corrected chi connectivity index (χ4v) is 5.01. The van der Waals surface area contributed by atoms with Crippen molar-refractivity contribution in [3.8, 4) is 5.75 Å². The molecule has 7 heteroatoms. The number of rotatable bonds is 5. The third kappa shape index (κ3) is 2.89. The highest BCUT2D eigenvalue weighted by atomic mass is 16.6. The summed E-state index contributed by atoms with van der Waals surface area (Å²) in [6.07, 6.45) is 0.982. The molecule has 1 aromatic heterocycles. The maximum Gasteiger partial charge on any atom is 0.336 e. The first kappa shape index (κ1) is 21.4. The van der Waals surface area contributed by atoms with Crippen LogP contribution in [0.15, 0.2) is 27.4 Å². The number of nitrogens with one attached hydrogen (secondary N) is 1. The molecule has 1 saturated heterocycles. The van der Waals surface area contributed by atoms with Crippen molar-refractivity contribution in [3.05, 3.63) is 39.7 Å². The minimum absolute atomic E-state index is 0.0801. The van der Waals surface area contributed by atoms with Crippen molar-refractivity contribution >= 4 is 22.8 Å². The average molecular weight is 427 g/mol. The molecule has 2 aliphatic rings. The first-order chi connectivity index (χ1) is 14.4. The lowest BCUT2D eigenvalue weighted by Crippen LogP contribution is -2.53. The van der Waals surface area contributed by atoms with Crippen LogP contribution >= 0.6 is 0 Å². The Kier molecular flexibility index (Phi) is 4.72. The Morgan fingerprint density at radius 1 is 1.19 bits per heavy atom. The molecule has 4 rings (SSSR count). The first-order valence-electron chi connectivity index (χ1n) is 10.7. The van der Waals surface area contributed by atoms with Gasteiger partial charge in [-0.3, -0.25) is 9.59 Å². The topological polar surface area (TPSA) is 94.8 Å². The minimum atomic E-state index is -1.21. The van der Waals surface area contributed by atoms with E-state index in [1.807, 2.05) is 53.7 Å². The van der Waals surface area contributed by atoms with Gasteiger partial charge in [-0.25, -0.2) is 4.79 Å². The second-order valence-electron chi connectivity index (χ2n) is 9.69. The number of esters is 1. The van der Waals surface area contributed by atoms with Crippen molar-refractivity contribution in [1.29, 1.82) is 0 Å². The molecule has 0 radical (unpaired) electrons. The van der Waals surface area contributed by atoms with Gasteiger partial charge in [-0.2, -0.15) is 0 Å². The summed E-state index contributed by atoms with van der Waals surface area (Å²) in [5.74, 6) is -0.128. The highest BCUT2D eigenvalue weighted by Gasteiger charge is 2.75. The standard InChI is InChI=1S/C24H29NO6/c1-13(2)29-17-8-7-15-14(3)11-18(26)30-19(15)16(17)12-25-20(27)24-10-9-23(6,21(28)31-24)22(24,4)5/h7-8,11,13H,9-10,12H2,1-6H3,(H,25,27). The Morgan fingerprint density at radius 3 is 2.48 bits per heavy atom. The largest absolute Gasteiger partial charge is 0.491 e. The van der Waals surface area contributed by atoms with Gasteiger partial charge in [0.2, 0.25) is 0 Å². The van der Waals surface area contributed by atoms with Crippen molar-refractivity contribution in [2.75, 3.05) is 0 Å². The zero-order valence-electron chi connectivity index (χ0n) is 18.9. The summed E-state index contributed by atoms with van der Waals surface area (Å²) in [6, 6.07) is 5.10. The van der Waals surface area contributed by atoms with Crippen LogP contribution in [0.1, 0.15) is 58.6 Å². The number of carbonyl (C=O) groups excluding carboxylic acids is 2. The summed E-state index contributed by atoms with van der Waals surface area (Å²) in [6.45, 7) is 11.4. The number of hydrogen-bond acceptors (Lipinski definition) is 6. The van der Waals surface area contributed by atoms with E-state index in [9.17, 15) is 14.4 Å². The SMILES string of the molecule is Cc1cc(=O)oc2c(CNC(=O)C34CCC(C)(C(=O)O3)C4(C)C)c(OC(C)C)ccc12. The second kappa shape index (κ2) is 6.84. The van der Waals surface area contributed by atoms with Crippen LogP contribution in [0, 0.1) is 17.8 Å². The maximum atomic E-state index is 13.4. The Hall–Kier alpha value is -2.83. The van der Waals surface area contributed by atoms with E-state index in [0.29, 0.717) is 29.7 Å². The van der Waals surface area contributed by atoms with Crippen LogP contribution in [-0.2, 0) is 20.9 Å². The van der Waals surface area contributed by atoms with Gasteiger partial charge in [0.05, 0.1) is 23.6 Å². The van der Waals surface area contributed by atoms with E-state index >= 15 is 0 Å². The zero-order valence-corrected chi connectivity index (χ0v) is 18.9. The van der Waals surface area contributed by atoms with Crippen LogP contribution in [0.3, 0.4) is 0 Å². The van der Waals surface area contributed by atoms with E-state index in [2.05, 4.69) is 5.32 Å². The highest BCUT2D eigenvalue weighted by Crippen LogP contribution is 2.65. The van der Waals surface area contributed by atoms with Crippen LogP contribution < -0.4 is 15.7 Å². The third-order valence-electron chi connectivity index (χ3n) is 7.42. The molecule has 0 spiro atoms. The molecule has 1 N–H and O–H groups in total. The van der Waals surface area contributed by atoms with E-state index in [4.69, 9.17) is 13.9 Å². The number of carbonyl (C=O) groups is 2. The predicted octanol–water partition coefficient (Wildman–Crippen LogP) is 3.63. The second-order valence-corrected chi connectivity index (χ2v) is 9.69. The number of amides is 1. The van der Waals surface area contributed by atoms with Crippen LogP contribution in [0.5, 0.6) is 5.75 Å². The fourth-order valence-electron chi connectivity index (χ4n) is 5.01. The summed E-state index contributed by atoms with van der Waals surface area (Å²) in [7, 11) is 0. The van der Waals surface area contributed by atoms with Gasteiger partial charge < -0.3 is 19.2 Å². The van der Waals surface area contributed by atoms with Gasteiger partial charge in [-0.05, 0) is 58.2 Å². The molecule has 2 heterocycles. The number of ether oxygens (including phenoxy) is 2. The third-order valence-corrected chi connectivity index (χ3v) is 7.42. The molecule has 2 atom stereocenters. The quantitative estimate of drug-likeness (QED) is 0.578. The summed E-state index contributed by atoms with van der Waals surface area (Å²) in [5.41, 5.74) is -1.24. The summed E-state index contributed by atoms with van der Waals surface area (Å²) < 4.78 is 17.1. The van der Waals surface area contributed by atoms with Gasteiger partial charge in [0, 0.05) is 16.9 Å². The molecule has 1 aromatic carbocycles. The molecular formula is C24H29NO6. The van der Waals surface area contributed by atoms with Crippen molar-refractivity contribution in [2.24, 2.45) is 10.8 Å². The van der Waals surface area contributed by atoms with Crippen molar-refractivity contribution < 1.29 is 23.5 Å². The van der Waals surface area contributed by atoms with Gasteiger partial charge in [0.1, 0.15) is 11.3 Å². The lowest BCUT2D eigenvalue weighted by molar-refractivity contribution is -0.168. The number of aryl methyl sites for hydroxylation is 1. The van der Waals surface area contributed by atoms with Crippen LogP contribution in [0.4, 0.5) is 0 Å². The highest BCUT2D eigenvalue weighted by molar-refractivity contribution is 5.96. The van der Waals surface area contributed by atoms with Gasteiger partial charge >= 0.3 is 11.6 Å². The van der Waals surface area contributed by atoms with E-state index < -0.39 is 22.1 Å². The molecule has 31 heavy (non-hydrogen) atoms. The molecule has 7 nitrogen and oxygen atoms in total. The molecule has 1 aliphatic carbocycles. The number of hydrogen-bond donors (Lipinski definition) is 1. The molecule has 2 aromatic rings. The van der Waals surface area contributed by atoms with Crippen LogP contribution in [0.2, 0.25) is 0 Å². The lowest BCUT2D eigenvalue weighted by atomic mass is 9.66. The van der Waals surface area contributed by atoms with Gasteiger partial charge in [0.25, 0.3) is 5.91 Å². The van der Waals surface area contributed by atoms with Gasteiger partial charge in [-0.1, -0.05) is 13.8 Å². The predicted molar refractivity (Wildman–Crippen MR) is 115 cm³/mol. The molecule has 1 saturated carbocycles. The Bertz CT molecular complexity index is 1150. The average Bonchev–Trinajstić information content (AvgIpc) is 2.96. The fraction of sp³-hybridized carbons (Fsp3) is 0.542. The molecule has 2 unspecified atom stereocenters. The monoisotopic (exact) mass is 427 g/mol. The molecule has 166 valence electrons. The smallest absolute Gasteiger partial charge is 0.336 e. The van der Waals surface area contributed by atoms with Gasteiger partial charge in [-0.15, -0.1) is 0 Å². The minimum Gasteiger partial charge on any atom is -0.491 e. The molecular weight excluding hydrogens is 398 g/mol. The molecule has 1 aliphatic heterocycles. The first-order valence-corrected chi connectivity index (χ1v) is 10.7. The number of benzene rings is 1. The Morgan fingerprint density at radius 2 is 1.90 bits per heavy atom. The molecule has 2 bridgehead atoms. The van der Waals surface area contributed by atoms with E-state index in [1.165, 1.54) is 6.07 Å². The molecule has 1 amide bonds. The van der Waals surface area contributed by atoms with Crippen molar-refractivity contribution in [1.82, 2.24) is 5.32 Å². The summed E-state index contributed by atoms with van der Waals surface area (Å²) in [4.78, 5) is 37.9. The van der Waals surface area contributed by atoms with Gasteiger partial charge in [0.15, 0.2) is 5.60 Å². The van der Waals surface area contributed by atoms with E-state index in [-0.39, 0.29) is 24.5 Å². The van der Waals surface area contributed by atoms with Crippen LogP contribution in [0.25, 0.3) is 11.0 Å². The maximum absolute atomic E-state index is 13.4. The Balaban J connectivity index is 1.71. The Labute approximate surface area is 181 Å². The summed E-state index contributed by atoms with van der Waals surface area (Å²) in [5, 5.41) is 3.72. The van der Waals surface area contributed by atoms with Crippen molar-refractivity contribution in [3.63, 3.8) is 0 Å². The number of fused-ring (bicyclic) bond motifs is 3. The lowest BCUT2D eigenvalue weighted by Gasteiger charge is -2.35. The van der Waals surface area contributed by atoms with E-state index in [0.717, 1.165) is 10.9 Å². The van der Waals surface area contributed by atoms with Crippen LogP contribution in [-0.4, -0.2) is 23.6 Å². The zero-order chi connectivity index (χ0) is 22.8. The normalized spacial score (nSPS) is 26.4. The summed E-state index contributed by atoms with van der Waals surface area (Å²) >= 11 is 0. The van der Waals surface area contributed by atoms with Crippen molar-refractivity contribution in [2.45, 2.75) is 72.6 Å². The van der Waals surface area contributed by atoms with E-state index in [1.54, 1.807) is 0 Å². The molecule has 2 fully saturated rings.